The van der Waals surface area contributed by atoms with Gasteiger partial charge in [0.1, 0.15) is 0 Å². The predicted octanol–water partition coefficient (Wildman–Crippen LogP) is 1.99. The van der Waals surface area contributed by atoms with Gasteiger partial charge in [-0.1, -0.05) is 0 Å². The fourth-order valence-corrected chi connectivity index (χ4v) is 0.599. The van der Waals surface area contributed by atoms with Crippen molar-refractivity contribution in [2.24, 2.45) is 0 Å². The van der Waals surface area contributed by atoms with Crippen molar-refractivity contribution in [1.82, 2.24) is 0 Å². The molecule has 0 aliphatic carbocycles. The monoisotopic (exact) mass is 512 g/mol. The quantitative estimate of drug-likeness (QED) is 0.501. The first-order valence-electron chi connectivity index (χ1n) is 2.93. The van der Waals surface area contributed by atoms with Crippen LogP contribution in [0.4, 0.5) is 0 Å². The third-order valence-electron chi connectivity index (χ3n) is 1.12. The summed E-state index contributed by atoms with van der Waals surface area (Å²) in [7, 11) is 0. The number of nitrogens with zero attached hydrogens (tertiary/aromatic N) is 2. The molecule has 0 saturated carbocycles. The van der Waals surface area contributed by atoms with Gasteiger partial charge in [-0.25, -0.2) is 13.1 Å². The molecule has 2 unspecified atom stereocenters. The van der Waals surface area contributed by atoms with Crippen molar-refractivity contribution in [3.8, 4) is 0 Å². The van der Waals surface area contributed by atoms with Crippen molar-refractivity contribution >= 4 is 0 Å². The minimum Gasteiger partial charge on any atom is -0.314 e. The first kappa shape index (κ1) is 17.4. The second kappa shape index (κ2) is 10.4. The molecule has 0 fully saturated rings. The van der Waals surface area contributed by atoms with E-state index in [9.17, 15) is 0 Å². The van der Waals surface area contributed by atoms with Gasteiger partial charge in [-0.3, -0.25) is 0 Å². The van der Waals surface area contributed by atoms with Gasteiger partial charge in [0.15, 0.2) is 0 Å². The molecule has 0 aliphatic rings. The zero-order valence-electron chi connectivity index (χ0n) is 6.39. The van der Waals surface area contributed by atoms with Gasteiger partial charge in [-0.05, 0) is 0 Å². The van der Waals surface area contributed by atoms with Gasteiger partial charge in [0.25, 0.3) is 0 Å². The van der Waals surface area contributed by atoms with Crippen LogP contribution in [0.3, 0.4) is 0 Å². The van der Waals surface area contributed by atoms with Crippen LogP contribution >= 0.6 is 0 Å². The van der Waals surface area contributed by atoms with Crippen LogP contribution in [-0.2, 0) is 42.1 Å². The Kier molecular flexibility index (Phi) is 16.4. The zero-order valence-corrected chi connectivity index (χ0v) is 10.9. The maximum atomic E-state index is 6.60. The van der Waals surface area contributed by atoms with E-state index in [-0.39, 0.29) is 54.2 Å². The van der Waals surface area contributed by atoms with Crippen LogP contribution < -0.4 is 0 Å². The number of hydrogen-bond acceptors (Lipinski definition) is 0. The Labute approximate surface area is 96.9 Å². The molecule has 0 aromatic rings. The topological polar surface area (TPSA) is 8.72 Å². The molecule has 2 atom stereocenters. The maximum Gasteiger partial charge on any atom is 0.228 e. The van der Waals surface area contributed by atoms with Crippen LogP contribution in [0, 0.1) is 13.1 Å². The van der Waals surface area contributed by atoms with E-state index < -0.39 is 0 Å². The van der Waals surface area contributed by atoms with E-state index in [2.05, 4.69) is 9.69 Å². The summed E-state index contributed by atoms with van der Waals surface area (Å²) < 4.78 is 0. The Bertz CT molecular complexity index is 139. The van der Waals surface area contributed by atoms with Crippen LogP contribution in [0.1, 0.15) is 20.3 Å². The van der Waals surface area contributed by atoms with E-state index in [1.807, 2.05) is 13.8 Å². The van der Waals surface area contributed by atoms with E-state index in [1.54, 1.807) is 0 Å². The van der Waals surface area contributed by atoms with Gasteiger partial charge >= 0.3 is 0 Å². The van der Waals surface area contributed by atoms with Crippen LogP contribution in [0.2, 0.25) is 0 Å². The summed E-state index contributed by atoms with van der Waals surface area (Å²) in [5.41, 5.74) is 0. The van der Waals surface area contributed by atoms with Gasteiger partial charge in [0.05, 0.1) is 6.42 Å². The van der Waals surface area contributed by atoms with Crippen molar-refractivity contribution in [2.45, 2.75) is 32.4 Å². The molecular formula is C7H10N2Pt2. The summed E-state index contributed by atoms with van der Waals surface area (Å²) in [6, 6.07) is 0.0169. The Morgan fingerprint density at radius 1 is 1.00 bits per heavy atom. The summed E-state index contributed by atoms with van der Waals surface area (Å²) in [4.78, 5) is 6.57. The normalized spacial score (nSPS) is 12.4. The molecule has 0 amide bonds. The SMILES string of the molecule is [C-]#[N+]C(C)CC(C)[N+]#[C-].[Pt].[Pt]. The molecule has 0 heterocycles. The molecule has 0 aromatic carbocycles. The van der Waals surface area contributed by atoms with Gasteiger partial charge in [-0.15, -0.1) is 0 Å². The van der Waals surface area contributed by atoms with Gasteiger partial charge in [-0.2, -0.15) is 0 Å². The molecule has 0 N–H and O–H groups in total. The molecule has 0 aliphatic heterocycles. The Balaban J connectivity index is -0.000000320. The van der Waals surface area contributed by atoms with Crippen LogP contribution in [0.25, 0.3) is 9.69 Å². The van der Waals surface area contributed by atoms with E-state index >= 15 is 0 Å². The van der Waals surface area contributed by atoms with Crippen LogP contribution in [0.5, 0.6) is 0 Å². The summed E-state index contributed by atoms with van der Waals surface area (Å²) in [6.45, 7) is 16.9. The Hall–Kier alpha value is 0.357. The van der Waals surface area contributed by atoms with Crippen molar-refractivity contribution in [1.29, 1.82) is 0 Å². The largest absolute Gasteiger partial charge is 0.314 e. The summed E-state index contributed by atoms with van der Waals surface area (Å²) in [6.07, 6.45) is 0.701. The molecule has 0 radical (unpaired) electrons. The molecule has 0 spiro atoms. The summed E-state index contributed by atoms with van der Waals surface area (Å²) in [5.74, 6) is 0. The zero-order chi connectivity index (χ0) is 7.28. The standard InChI is InChI=1S/C7H10N2.2Pt/c1-6(8-3)5-7(2)9-4;;/h6-7H,5H2,1-2H3;;. The van der Waals surface area contributed by atoms with Crippen molar-refractivity contribution < 1.29 is 42.1 Å². The average molecular weight is 512 g/mol. The van der Waals surface area contributed by atoms with Crippen LogP contribution in [0.15, 0.2) is 0 Å². The average Bonchev–Trinajstić information content (AvgIpc) is 1.87. The second-order valence-electron chi connectivity index (χ2n) is 2.19. The summed E-state index contributed by atoms with van der Waals surface area (Å²) >= 11 is 0. The molecule has 2 nitrogen and oxygen atoms in total. The van der Waals surface area contributed by atoms with Crippen molar-refractivity contribution in [2.75, 3.05) is 0 Å². The molecule has 0 aromatic heterocycles. The Morgan fingerprint density at radius 2 is 1.27 bits per heavy atom. The maximum absolute atomic E-state index is 6.60. The third kappa shape index (κ3) is 10.4. The van der Waals surface area contributed by atoms with Gasteiger partial charge in [0, 0.05) is 56.0 Å². The molecule has 0 saturated heterocycles. The first-order chi connectivity index (χ1) is 4.20. The minimum atomic E-state index is 0. The second-order valence-corrected chi connectivity index (χ2v) is 2.19. The molecule has 0 rings (SSSR count). The van der Waals surface area contributed by atoms with Crippen molar-refractivity contribution in [3.05, 3.63) is 22.8 Å². The minimum absolute atomic E-state index is 0. The van der Waals surface area contributed by atoms with Gasteiger partial charge < -0.3 is 9.69 Å². The van der Waals surface area contributed by atoms with E-state index in [0.717, 1.165) is 0 Å². The predicted molar refractivity (Wildman–Crippen MR) is 36.7 cm³/mol. The van der Waals surface area contributed by atoms with E-state index in [0.29, 0.717) is 6.42 Å². The van der Waals surface area contributed by atoms with Gasteiger partial charge in [0.2, 0.25) is 12.1 Å². The third-order valence-corrected chi connectivity index (χ3v) is 1.12. The first-order valence-corrected chi connectivity index (χ1v) is 2.93. The molecule has 0 bridgehead atoms. The van der Waals surface area contributed by atoms with Crippen molar-refractivity contribution in [3.63, 3.8) is 0 Å². The molecule has 68 valence electrons. The smallest absolute Gasteiger partial charge is 0.228 e. The molecule has 4 heteroatoms. The Morgan fingerprint density at radius 3 is 1.45 bits per heavy atom. The fourth-order valence-electron chi connectivity index (χ4n) is 0.599. The van der Waals surface area contributed by atoms with Crippen LogP contribution in [-0.4, -0.2) is 12.1 Å². The number of rotatable bonds is 2. The van der Waals surface area contributed by atoms with E-state index in [4.69, 9.17) is 13.1 Å². The summed E-state index contributed by atoms with van der Waals surface area (Å²) in [5, 5.41) is 0. The van der Waals surface area contributed by atoms with E-state index in [1.165, 1.54) is 0 Å². The fraction of sp³-hybridized carbons (Fsp3) is 0.714. The number of hydrogen-bond donors (Lipinski definition) is 0. The molecule has 11 heavy (non-hydrogen) atoms. The molecular weight excluding hydrogens is 502 g/mol.